The van der Waals surface area contributed by atoms with Gasteiger partial charge in [0, 0.05) is 50.2 Å². The molecule has 6 rings (SSSR count). The van der Waals surface area contributed by atoms with Gasteiger partial charge in [-0.1, -0.05) is 56.6 Å². The van der Waals surface area contributed by atoms with Crippen molar-refractivity contribution in [2.45, 2.75) is 90.9 Å². The SMILES string of the molecule is CC(C)(C)[C@H](NC(=O)COCCCOCCCCOc1ccc(N2C(=S)N(c3ccc(C#N)c(Cl)c3)C(=O)C2(C)C)cc1F)C(=O)N1CCC[C@H]1C(=O)NCc1ccc(-c2cnco2)cc1. The van der Waals surface area contributed by atoms with Gasteiger partial charge in [0.25, 0.3) is 5.91 Å². The number of halogens is 2. The Labute approximate surface area is 394 Å². The standard InChI is InChI=1S/C48H55ClFN7O8S/c1-47(2,3)42(44(60)55-19-8-10-38(55)43(59)53-27-31-11-13-32(14-12-31)40-28-52-30-65-40)54-41(58)29-63-22-9-21-62-20-6-7-23-64-39-18-17-35(25-37(39)50)57-46(66)56(45(61)48(57,4)5)34-16-15-33(26-51)36(49)24-34/h11-18,24-25,28,30,38,42H,6-10,19-23,27,29H2,1-5H3,(H,53,59)(H,54,58)/t38-,42+/m0/s1. The number of nitrogens with zero attached hydrogens (tertiary/aromatic N) is 5. The molecule has 3 aromatic carbocycles. The number of amides is 4. The van der Waals surface area contributed by atoms with Crippen LogP contribution in [0.2, 0.25) is 5.02 Å². The monoisotopic (exact) mass is 943 g/mol. The number of benzene rings is 3. The predicted octanol–water partition coefficient (Wildman–Crippen LogP) is 7.34. The molecule has 15 nitrogen and oxygen atoms in total. The summed E-state index contributed by atoms with van der Waals surface area (Å²) in [5.74, 6) is -1.21. The van der Waals surface area contributed by atoms with Crippen molar-refractivity contribution in [1.82, 2.24) is 20.5 Å². The van der Waals surface area contributed by atoms with E-state index < -0.39 is 34.8 Å². The fraction of sp³-hybridized carbons (Fsp3) is 0.438. The number of nitriles is 1. The summed E-state index contributed by atoms with van der Waals surface area (Å²) in [4.78, 5) is 62.1. The molecule has 2 fully saturated rings. The predicted molar refractivity (Wildman–Crippen MR) is 250 cm³/mol. The van der Waals surface area contributed by atoms with E-state index in [1.807, 2.05) is 51.1 Å². The van der Waals surface area contributed by atoms with Gasteiger partial charge in [-0.05, 0) is 99.5 Å². The number of oxazole rings is 1. The molecule has 350 valence electrons. The molecule has 0 radical (unpaired) electrons. The first-order valence-electron chi connectivity index (χ1n) is 21.8. The Morgan fingerprint density at radius 2 is 1.73 bits per heavy atom. The molecule has 2 N–H and O–H groups in total. The van der Waals surface area contributed by atoms with E-state index in [1.54, 1.807) is 42.0 Å². The molecule has 2 atom stereocenters. The normalized spacial score (nSPS) is 16.3. The van der Waals surface area contributed by atoms with Gasteiger partial charge < -0.3 is 39.1 Å². The average Bonchev–Trinajstić information content (AvgIpc) is 4.04. The maximum Gasteiger partial charge on any atom is 0.259 e. The highest BCUT2D eigenvalue weighted by molar-refractivity contribution is 7.81. The van der Waals surface area contributed by atoms with Crippen molar-refractivity contribution in [3.63, 3.8) is 0 Å². The van der Waals surface area contributed by atoms with E-state index in [1.165, 1.54) is 35.6 Å². The van der Waals surface area contributed by atoms with Crippen LogP contribution in [-0.2, 0) is 35.2 Å². The number of ether oxygens (including phenoxy) is 3. The van der Waals surface area contributed by atoms with Gasteiger partial charge >= 0.3 is 0 Å². The van der Waals surface area contributed by atoms with Crippen LogP contribution in [0.4, 0.5) is 15.8 Å². The molecule has 1 aromatic heterocycles. The largest absolute Gasteiger partial charge is 0.491 e. The van der Waals surface area contributed by atoms with E-state index >= 15 is 4.39 Å². The minimum atomic E-state index is -1.14. The van der Waals surface area contributed by atoms with Crippen LogP contribution in [0.5, 0.6) is 5.75 Å². The van der Waals surface area contributed by atoms with Crippen molar-refractivity contribution in [1.29, 1.82) is 5.26 Å². The molecular formula is C48H55ClFN7O8S. The van der Waals surface area contributed by atoms with Crippen LogP contribution >= 0.6 is 23.8 Å². The number of likely N-dealkylation sites (tertiary alicyclic amines) is 1. The van der Waals surface area contributed by atoms with Gasteiger partial charge in [-0.25, -0.2) is 9.37 Å². The Morgan fingerprint density at radius 1 is 1.02 bits per heavy atom. The number of thiocarbonyl (C=S) groups is 1. The first-order valence-corrected chi connectivity index (χ1v) is 22.6. The number of unbranched alkanes of at least 4 members (excludes halogenated alkanes) is 1. The lowest BCUT2D eigenvalue weighted by Crippen LogP contribution is -2.58. The molecule has 2 aliphatic rings. The van der Waals surface area contributed by atoms with Crippen molar-refractivity contribution >= 4 is 63.9 Å². The molecular weight excluding hydrogens is 889 g/mol. The maximum absolute atomic E-state index is 15.3. The van der Waals surface area contributed by atoms with Crippen molar-refractivity contribution in [3.05, 3.63) is 95.2 Å². The zero-order valence-electron chi connectivity index (χ0n) is 37.7. The van der Waals surface area contributed by atoms with Gasteiger partial charge in [0.15, 0.2) is 28.8 Å². The molecule has 3 heterocycles. The Hall–Kier alpha value is -5.93. The Morgan fingerprint density at radius 3 is 2.41 bits per heavy atom. The average molecular weight is 945 g/mol. The molecule has 0 saturated carbocycles. The second-order valence-corrected chi connectivity index (χ2v) is 18.4. The van der Waals surface area contributed by atoms with E-state index in [2.05, 4.69) is 15.6 Å². The summed E-state index contributed by atoms with van der Waals surface area (Å²) >= 11 is 11.9. The van der Waals surface area contributed by atoms with Crippen LogP contribution in [0.15, 0.2) is 77.7 Å². The van der Waals surface area contributed by atoms with Crippen LogP contribution in [0, 0.1) is 22.6 Å². The number of nitrogens with one attached hydrogen (secondary N) is 2. The van der Waals surface area contributed by atoms with Gasteiger partial charge in [-0.15, -0.1) is 0 Å². The second kappa shape index (κ2) is 22.0. The van der Waals surface area contributed by atoms with Gasteiger partial charge in [-0.3, -0.25) is 24.1 Å². The van der Waals surface area contributed by atoms with Gasteiger partial charge in [0.05, 0.1) is 29.1 Å². The van der Waals surface area contributed by atoms with E-state index in [0.29, 0.717) is 75.5 Å². The van der Waals surface area contributed by atoms with Crippen molar-refractivity contribution < 1.29 is 42.2 Å². The van der Waals surface area contributed by atoms with Crippen LogP contribution in [-0.4, -0.2) is 95.8 Å². The van der Waals surface area contributed by atoms with Crippen molar-refractivity contribution in [2.75, 3.05) is 49.4 Å². The molecule has 2 saturated heterocycles. The molecule has 4 aromatic rings. The first-order chi connectivity index (χ1) is 31.5. The smallest absolute Gasteiger partial charge is 0.259 e. The first kappa shape index (κ1) is 49.5. The number of rotatable bonds is 20. The summed E-state index contributed by atoms with van der Waals surface area (Å²) in [6.07, 6.45) is 6.02. The third kappa shape index (κ3) is 11.9. The summed E-state index contributed by atoms with van der Waals surface area (Å²) in [5, 5.41) is 15.4. The van der Waals surface area contributed by atoms with Gasteiger partial charge in [0.1, 0.15) is 30.3 Å². The van der Waals surface area contributed by atoms with Crippen LogP contribution < -0.4 is 25.2 Å². The fourth-order valence-electron chi connectivity index (χ4n) is 7.73. The summed E-state index contributed by atoms with van der Waals surface area (Å²) in [6.45, 7) is 10.8. The van der Waals surface area contributed by atoms with Crippen LogP contribution in [0.25, 0.3) is 11.3 Å². The Balaban J connectivity index is 0.856. The van der Waals surface area contributed by atoms with E-state index in [-0.39, 0.29) is 59.0 Å². The lowest BCUT2D eigenvalue weighted by molar-refractivity contribution is -0.144. The number of hydrogen-bond acceptors (Lipinski definition) is 11. The van der Waals surface area contributed by atoms with Crippen molar-refractivity contribution in [2.24, 2.45) is 5.41 Å². The Kier molecular flexibility index (Phi) is 16.5. The molecule has 0 bridgehead atoms. The summed E-state index contributed by atoms with van der Waals surface area (Å²) in [6, 6.07) is 17.1. The molecule has 0 spiro atoms. The zero-order valence-corrected chi connectivity index (χ0v) is 39.3. The summed E-state index contributed by atoms with van der Waals surface area (Å²) in [5.41, 5.74) is 1.05. The van der Waals surface area contributed by atoms with E-state index in [9.17, 15) is 24.4 Å². The highest BCUT2D eigenvalue weighted by Crippen LogP contribution is 2.38. The number of carbonyl (C=O) groups excluding carboxylic acids is 4. The molecule has 0 aliphatic carbocycles. The zero-order chi connectivity index (χ0) is 47.6. The third-order valence-electron chi connectivity index (χ3n) is 11.3. The van der Waals surface area contributed by atoms with Gasteiger partial charge in [0.2, 0.25) is 17.7 Å². The minimum Gasteiger partial charge on any atom is -0.491 e. The highest BCUT2D eigenvalue weighted by atomic mass is 35.5. The molecule has 0 unspecified atom stereocenters. The lowest BCUT2D eigenvalue weighted by Gasteiger charge is -2.35. The molecule has 18 heteroatoms. The Bertz CT molecular complexity index is 2420. The lowest BCUT2D eigenvalue weighted by atomic mass is 9.85. The van der Waals surface area contributed by atoms with Crippen LogP contribution in [0.1, 0.15) is 77.8 Å². The van der Waals surface area contributed by atoms with Crippen molar-refractivity contribution in [3.8, 4) is 23.1 Å². The maximum atomic E-state index is 15.3. The molecule has 4 amide bonds. The summed E-state index contributed by atoms with van der Waals surface area (Å²) < 4.78 is 37.6. The molecule has 66 heavy (non-hydrogen) atoms. The van der Waals surface area contributed by atoms with E-state index in [0.717, 1.165) is 11.1 Å². The second-order valence-electron chi connectivity index (χ2n) is 17.6. The van der Waals surface area contributed by atoms with Crippen LogP contribution in [0.3, 0.4) is 0 Å². The van der Waals surface area contributed by atoms with E-state index in [4.69, 9.17) is 42.4 Å². The topological polar surface area (TPSA) is 180 Å². The number of anilines is 2. The van der Waals surface area contributed by atoms with Gasteiger partial charge in [-0.2, -0.15) is 5.26 Å². The summed E-state index contributed by atoms with van der Waals surface area (Å²) in [7, 11) is 0. The molecule has 2 aliphatic heterocycles. The quantitative estimate of drug-likeness (QED) is 0.0666. The highest BCUT2D eigenvalue weighted by Gasteiger charge is 2.50. The minimum absolute atomic E-state index is 0.0614. The number of carbonyl (C=O) groups is 4. The number of hydrogen-bond donors (Lipinski definition) is 2. The fourth-order valence-corrected chi connectivity index (χ4v) is 8.47. The number of aromatic nitrogens is 1. The third-order valence-corrected chi connectivity index (χ3v) is 12.0.